The molecule has 1 aliphatic rings. The molecule has 1 amide bonds. The lowest BCUT2D eigenvalue weighted by Gasteiger charge is -2.36. The van der Waals surface area contributed by atoms with E-state index >= 15 is 0 Å². The number of nitrogens with zero attached hydrogens (tertiary/aromatic N) is 2. The number of nitrogens with one attached hydrogen (secondary N) is 1. The van der Waals surface area contributed by atoms with Gasteiger partial charge in [0.25, 0.3) is 0 Å². The van der Waals surface area contributed by atoms with Crippen molar-refractivity contribution in [1.29, 1.82) is 0 Å². The molecular weight excluding hydrogens is 447 g/mol. The van der Waals surface area contributed by atoms with Gasteiger partial charge in [-0.1, -0.05) is 39.8 Å². The van der Waals surface area contributed by atoms with Gasteiger partial charge in [-0.2, -0.15) is 13.2 Å². The predicted molar refractivity (Wildman–Crippen MR) is 130 cm³/mol. The first kappa shape index (κ1) is 25.4. The molecule has 8 heteroatoms. The summed E-state index contributed by atoms with van der Waals surface area (Å²) < 4.78 is 40.0. The Morgan fingerprint density at radius 1 is 0.970 bits per heavy atom. The van der Waals surface area contributed by atoms with E-state index in [4.69, 9.17) is 0 Å². The molecular formula is C25H32F3N3OS. The molecule has 0 saturated carbocycles. The van der Waals surface area contributed by atoms with Crippen molar-refractivity contribution in [1.82, 2.24) is 4.90 Å². The third-order valence-corrected chi connectivity index (χ3v) is 6.86. The van der Waals surface area contributed by atoms with Gasteiger partial charge in [-0.25, -0.2) is 0 Å². The van der Waals surface area contributed by atoms with Crippen LogP contribution in [0.4, 0.5) is 24.5 Å². The van der Waals surface area contributed by atoms with E-state index in [1.807, 2.05) is 29.2 Å². The van der Waals surface area contributed by atoms with E-state index in [0.717, 1.165) is 36.7 Å². The molecule has 3 rings (SSSR count). The molecule has 0 spiro atoms. The van der Waals surface area contributed by atoms with Crippen molar-refractivity contribution in [3.8, 4) is 0 Å². The first-order valence-electron chi connectivity index (χ1n) is 11.2. The fraction of sp³-hybridized carbons (Fsp3) is 0.480. The SMILES string of the molecule is CCN1CCN(c2ccc(C(F)(F)F)cc2NC(=O)CSc2ccc(C(C)(C)C)cc2)CC1. The second kappa shape index (κ2) is 10.4. The summed E-state index contributed by atoms with van der Waals surface area (Å²) >= 11 is 1.37. The largest absolute Gasteiger partial charge is 0.416 e. The van der Waals surface area contributed by atoms with Crippen LogP contribution in [-0.4, -0.2) is 49.3 Å². The van der Waals surface area contributed by atoms with Crippen molar-refractivity contribution in [2.45, 2.75) is 44.2 Å². The summed E-state index contributed by atoms with van der Waals surface area (Å²) in [6.45, 7) is 12.5. The number of carbonyl (C=O) groups excluding carboxylic acids is 1. The van der Waals surface area contributed by atoms with Crippen LogP contribution in [0.1, 0.15) is 38.8 Å². The highest BCUT2D eigenvalue weighted by atomic mass is 32.2. The fourth-order valence-corrected chi connectivity index (χ4v) is 4.48. The standard InChI is InChI=1S/C25H32F3N3OS/c1-5-30-12-14-31(15-13-30)22-11-8-19(25(26,27)28)16-21(22)29-23(32)17-33-20-9-6-18(7-10-20)24(2,3)4/h6-11,16H,5,12-15,17H2,1-4H3,(H,29,32). The molecule has 33 heavy (non-hydrogen) atoms. The highest BCUT2D eigenvalue weighted by molar-refractivity contribution is 8.00. The van der Waals surface area contributed by atoms with Crippen LogP contribution in [0.15, 0.2) is 47.4 Å². The molecule has 0 aromatic heterocycles. The van der Waals surface area contributed by atoms with E-state index in [2.05, 4.69) is 37.9 Å². The van der Waals surface area contributed by atoms with E-state index in [-0.39, 0.29) is 22.8 Å². The minimum Gasteiger partial charge on any atom is -0.367 e. The maximum atomic E-state index is 13.3. The van der Waals surface area contributed by atoms with E-state index in [1.165, 1.54) is 23.4 Å². The maximum absolute atomic E-state index is 13.3. The molecule has 1 saturated heterocycles. The van der Waals surface area contributed by atoms with Crippen LogP contribution in [0.2, 0.25) is 0 Å². The zero-order chi connectivity index (χ0) is 24.2. The lowest BCUT2D eigenvalue weighted by Crippen LogP contribution is -2.46. The number of anilines is 2. The molecule has 0 atom stereocenters. The molecule has 0 aliphatic carbocycles. The summed E-state index contributed by atoms with van der Waals surface area (Å²) in [4.78, 5) is 17.9. The maximum Gasteiger partial charge on any atom is 0.416 e. The van der Waals surface area contributed by atoms with Gasteiger partial charge in [-0.05, 0) is 47.9 Å². The van der Waals surface area contributed by atoms with Crippen LogP contribution >= 0.6 is 11.8 Å². The van der Waals surface area contributed by atoms with Crippen molar-refractivity contribution >= 4 is 29.0 Å². The molecule has 1 heterocycles. The Hall–Kier alpha value is -2.19. The average molecular weight is 480 g/mol. The number of carbonyl (C=O) groups is 1. The topological polar surface area (TPSA) is 35.6 Å². The van der Waals surface area contributed by atoms with Gasteiger partial charge in [0.1, 0.15) is 0 Å². The second-order valence-corrected chi connectivity index (χ2v) is 10.3. The Balaban J connectivity index is 1.71. The van der Waals surface area contributed by atoms with Crippen molar-refractivity contribution in [2.75, 3.05) is 48.7 Å². The first-order chi connectivity index (χ1) is 15.5. The predicted octanol–water partition coefficient (Wildman–Crippen LogP) is 5.88. The van der Waals surface area contributed by atoms with E-state index in [9.17, 15) is 18.0 Å². The van der Waals surface area contributed by atoms with Crippen LogP contribution in [0, 0.1) is 0 Å². The number of piperazine rings is 1. The van der Waals surface area contributed by atoms with Gasteiger partial charge in [0.15, 0.2) is 0 Å². The normalized spacial score (nSPS) is 15.5. The van der Waals surface area contributed by atoms with E-state index in [1.54, 1.807) is 0 Å². The molecule has 0 unspecified atom stereocenters. The molecule has 4 nitrogen and oxygen atoms in total. The summed E-state index contributed by atoms with van der Waals surface area (Å²) in [5.41, 5.74) is 1.32. The van der Waals surface area contributed by atoms with Gasteiger partial charge in [-0.3, -0.25) is 4.79 Å². The van der Waals surface area contributed by atoms with Crippen LogP contribution in [0.5, 0.6) is 0 Å². The molecule has 1 aliphatic heterocycles. The third kappa shape index (κ3) is 6.90. The lowest BCUT2D eigenvalue weighted by atomic mass is 9.87. The quantitative estimate of drug-likeness (QED) is 0.525. The summed E-state index contributed by atoms with van der Waals surface area (Å²) in [5, 5.41) is 2.74. The number of halogens is 3. The number of alkyl halides is 3. The van der Waals surface area contributed by atoms with Crippen molar-refractivity contribution in [3.63, 3.8) is 0 Å². The van der Waals surface area contributed by atoms with Gasteiger partial charge in [-0.15, -0.1) is 11.8 Å². The zero-order valence-corrected chi connectivity index (χ0v) is 20.4. The molecule has 1 fully saturated rings. The van der Waals surface area contributed by atoms with Crippen LogP contribution in [-0.2, 0) is 16.4 Å². The Morgan fingerprint density at radius 2 is 1.58 bits per heavy atom. The molecule has 180 valence electrons. The summed E-state index contributed by atoms with van der Waals surface area (Å²) in [6, 6.07) is 11.6. The number of likely N-dealkylation sites (N-methyl/N-ethyl adjacent to an activating group) is 1. The lowest BCUT2D eigenvalue weighted by molar-refractivity contribution is -0.137. The number of amides is 1. The first-order valence-corrected chi connectivity index (χ1v) is 12.2. The average Bonchev–Trinajstić information content (AvgIpc) is 2.77. The summed E-state index contributed by atoms with van der Waals surface area (Å²) in [5.74, 6) is -0.207. The zero-order valence-electron chi connectivity index (χ0n) is 19.6. The smallest absolute Gasteiger partial charge is 0.367 e. The Labute approximate surface area is 198 Å². The number of benzene rings is 2. The highest BCUT2D eigenvalue weighted by Gasteiger charge is 2.32. The van der Waals surface area contributed by atoms with Gasteiger partial charge in [0, 0.05) is 31.1 Å². The highest BCUT2D eigenvalue weighted by Crippen LogP contribution is 2.36. The van der Waals surface area contributed by atoms with Gasteiger partial charge >= 0.3 is 6.18 Å². The number of hydrogen-bond acceptors (Lipinski definition) is 4. The van der Waals surface area contributed by atoms with Crippen LogP contribution < -0.4 is 10.2 Å². The Kier molecular flexibility index (Phi) is 8.00. The van der Waals surface area contributed by atoms with Crippen LogP contribution in [0.3, 0.4) is 0 Å². The summed E-state index contributed by atoms with van der Waals surface area (Å²) in [6.07, 6.45) is -4.47. The van der Waals surface area contributed by atoms with E-state index < -0.39 is 11.7 Å². The van der Waals surface area contributed by atoms with Crippen molar-refractivity contribution < 1.29 is 18.0 Å². The molecule has 0 radical (unpaired) electrons. The van der Waals surface area contributed by atoms with Gasteiger partial charge in [0.05, 0.1) is 22.7 Å². The molecule has 2 aromatic carbocycles. The van der Waals surface area contributed by atoms with Crippen molar-refractivity contribution in [2.24, 2.45) is 0 Å². The Bertz CT molecular complexity index is 947. The third-order valence-electron chi connectivity index (χ3n) is 5.85. The monoisotopic (exact) mass is 479 g/mol. The Morgan fingerprint density at radius 3 is 2.12 bits per heavy atom. The van der Waals surface area contributed by atoms with E-state index in [0.29, 0.717) is 18.8 Å². The van der Waals surface area contributed by atoms with Crippen LogP contribution in [0.25, 0.3) is 0 Å². The molecule has 1 N–H and O–H groups in total. The van der Waals surface area contributed by atoms with Gasteiger partial charge < -0.3 is 15.1 Å². The number of thioether (sulfide) groups is 1. The summed E-state index contributed by atoms with van der Waals surface area (Å²) in [7, 11) is 0. The number of rotatable bonds is 6. The number of hydrogen-bond donors (Lipinski definition) is 1. The fourth-order valence-electron chi connectivity index (χ4n) is 3.78. The van der Waals surface area contributed by atoms with Crippen molar-refractivity contribution in [3.05, 3.63) is 53.6 Å². The second-order valence-electron chi connectivity index (χ2n) is 9.26. The van der Waals surface area contributed by atoms with Gasteiger partial charge in [0.2, 0.25) is 5.91 Å². The molecule has 0 bridgehead atoms. The minimum absolute atomic E-state index is 0.0447. The molecule has 2 aromatic rings. The minimum atomic E-state index is -4.47.